The first-order valence-corrected chi connectivity index (χ1v) is 9.95. The van der Waals surface area contributed by atoms with Gasteiger partial charge in [-0.05, 0) is 55.8 Å². The van der Waals surface area contributed by atoms with E-state index in [4.69, 9.17) is 10.5 Å². The topological polar surface area (TPSA) is 89.5 Å². The number of anilines is 1. The van der Waals surface area contributed by atoms with Crippen LogP contribution in [0.1, 0.15) is 30.0 Å². The van der Waals surface area contributed by atoms with E-state index in [1.54, 1.807) is 6.34 Å². The maximum atomic E-state index is 6.79. The molecule has 2 aliphatic heterocycles. The number of hydrogen-bond acceptors (Lipinski definition) is 6. The molecule has 0 saturated carbocycles. The lowest BCUT2D eigenvalue weighted by Crippen LogP contribution is -2.39. The van der Waals surface area contributed by atoms with E-state index < -0.39 is 5.66 Å². The fourth-order valence-corrected chi connectivity index (χ4v) is 4.01. The Bertz CT molecular complexity index is 1010. The van der Waals surface area contributed by atoms with E-state index in [9.17, 15) is 0 Å². The maximum absolute atomic E-state index is 6.79. The summed E-state index contributed by atoms with van der Waals surface area (Å²) in [5, 5.41) is 11.3. The van der Waals surface area contributed by atoms with Crippen LogP contribution in [-0.2, 0) is 5.66 Å². The number of para-hydroxylation sites is 1. The number of nitrogens with zero attached hydrogens (tertiary/aromatic N) is 3. The number of rotatable bonds is 4. The van der Waals surface area contributed by atoms with Crippen molar-refractivity contribution >= 4 is 12.2 Å². The van der Waals surface area contributed by atoms with Crippen molar-refractivity contribution in [2.75, 3.05) is 18.4 Å². The van der Waals surface area contributed by atoms with Gasteiger partial charge in [-0.25, -0.2) is 9.67 Å². The van der Waals surface area contributed by atoms with Crippen molar-refractivity contribution < 1.29 is 4.74 Å². The molecule has 5 rings (SSSR count). The maximum Gasteiger partial charge on any atom is 0.166 e. The lowest BCUT2D eigenvalue weighted by atomic mass is 9.93. The van der Waals surface area contributed by atoms with Crippen molar-refractivity contribution in [1.29, 1.82) is 0 Å². The molecule has 3 heterocycles. The molecule has 1 saturated heterocycles. The van der Waals surface area contributed by atoms with E-state index in [0.717, 1.165) is 54.4 Å². The highest BCUT2D eigenvalue weighted by molar-refractivity contribution is 5.80. The Hall–Kier alpha value is -3.16. The Morgan fingerprint density at radius 3 is 2.48 bits per heavy atom. The fraction of sp³-hybridized carbons (Fsp3) is 0.273. The monoisotopic (exact) mass is 388 g/mol. The molecule has 4 N–H and O–H groups in total. The fourth-order valence-electron chi connectivity index (χ4n) is 4.01. The number of fused-ring (bicyclic) bond motifs is 1. The van der Waals surface area contributed by atoms with Gasteiger partial charge >= 0.3 is 0 Å². The second kappa shape index (κ2) is 7.35. The summed E-state index contributed by atoms with van der Waals surface area (Å²) in [6.45, 7) is 2.01. The molecule has 2 aromatic carbocycles. The van der Waals surface area contributed by atoms with Gasteiger partial charge in [0.15, 0.2) is 5.66 Å². The number of hydrogen-bond donors (Lipinski definition) is 3. The highest BCUT2D eigenvalue weighted by atomic mass is 16.5. The molecule has 1 unspecified atom stereocenters. The number of nitrogens with two attached hydrogens (primary N) is 1. The van der Waals surface area contributed by atoms with Gasteiger partial charge in [-0.15, -0.1) is 0 Å². The molecule has 1 aromatic heterocycles. The van der Waals surface area contributed by atoms with Gasteiger partial charge in [0.1, 0.15) is 17.3 Å². The Balaban J connectivity index is 1.43. The highest BCUT2D eigenvalue weighted by Gasteiger charge is 2.37. The summed E-state index contributed by atoms with van der Waals surface area (Å²) in [5.41, 5.74) is 7.59. The van der Waals surface area contributed by atoms with Crippen molar-refractivity contribution in [3.8, 4) is 11.5 Å². The largest absolute Gasteiger partial charge is 0.457 e. The summed E-state index contributed by atoms with van der Waals surface area (Å²) in [4.78, 5) is 4.58. The van der Waals surface area contributed by atoms with E-state index in [2.05, 4.69) is 25.4 Å². The molecule has 1 atom stereocenters. The molecule has 0 radical (unpaired) electrons. The summed E-state index contributed by atoms with van der Waals surface area (Å²) in [6, 6.07) is 17.9. The van der Waals surface area contributed by atoms with Gasteiger partial charge < -0.3 is 15.4 Å². The highest BCUT2D eigenvalue weighted by Crippen LogP contribution is 2.38. The quantitative estimate of drug-likeness (QED) is 0.639. The molecule has 7 heteroatoms. The zero-order chi connectivity index (χ0) is 19.7. The van der Waals surface area contributed by atoms with Gasteiger partial charge in [0, 0.05) is 0 Å². The Morgan fingerprint density at radius 1 is 1.00 bits per heavy atom. The summed E-state index contributed by atoms with van der Waals surface area (Å²) in [5.74, 6) is 2.49. The average molecular weight is 388 g/mol. The molecular weight excluding hydrogens is 364 g/mol. The third kappa shape index (κ3) is 3.28. The van der Waals surface area contributed by atoms with Crippen LogP contribution in [0.2, 0.25) is 0 Å². The van der Waals surface area contributed by atoms with E-state index in [0.29, 0.717) is 6.04 Å². The number of nitrogens with one attached hydrogen (secondary N) is 2. The molecule has 148 valence electrons. The summed E-state index contributed by atoms with van der Waals surface area (Å²) >= 11 is 0. The van der Waals surface area contributed by atoms with Crippen LogP contribution in [0, 0.1) is 0 Å². The summed E-state index contributed by atoms with van der Waals surface area (Å²) in [6.07, 6.45) is 5.62. The predicted molar refractivity (Wildman–Crippen MR) is 113 cm³/mol. The van der Waals surface area contributed by atoms with Crippen LogP contribution in [0.4, 0.5) is 5.82 Å². The molecule has 2 aliphatic rings. The van der Waals surface area contributed by atoms with Crippen LogP contribution >= 0.6 is 0 Å². The number of benzene rings is 2. The minimum atomic E-state index is -0.975. The molecule has 0 amide bonds. The lowest BCUT2D eigenvalue weighted by Gasteiger charge is -2.31. The minimum Gasteiger partial charge on any atom is -0.457 e. The van der Waals surface area contributed by atoms with Gasteiger partial charge in [0.05, 0.1) is 24.1 Å². The molecule has 1 fully saturated rings. The first-order valence-electron chi connectivity index (χ1n) is 9.95. The Kier molecular flexibility index (Phi) is 4.54. The van der Waals surface area contributed by atoms with Crippen LogP contribution in [0.15, 0.2) is 65.8 Å². The smallest absolute Gasteiger partial charge is 0.166 e. The average Bonchev–Trinajstić information content (AvgIpc) is 3.21. The first kappa shape index (κ1) is 17.9. The second-order valence-electron chi connectivity index (χ2n) is 7.44. The van der Waals surface area contributed by atoms with Gasteiger partial charge in [-0.3, -0.25) is 5.73 Å². The molecule has 7 nitrogen and oxygen atoms in total. The van der Waals surface area contributed by atoms with E-state index in [1.807, 2.05) is 60.8 Å². The third-order valence-corrected chi connectivity index (χ3v) is 5.60. The van der Waals surface area contributed by atoms with E-state index in [1.165, 1.54) is 0 Å². The Morgan fingerprint density at radius 2 is 1.72 bits per heavy atom. The first-order chi connectivity index (χ1) is 14.2. The van der Waals surface area contributed by atoms with Crippen LogP contribution in [0.5, 0.6) is 11.5 Å². The second-order valence-corrected chi connectivity index (χ2v) is 7.44. The number of ether oxygens (including phenoxy) is 1. The van der Waals surface area contributed by atoms with Crippen LogP contribution < -0.4 is 21.1 Å². The molecule has 0 spiro atoms. The van der Waals surface area contributed by atoms with Crippen LogP contribution in [0.3, 0.4) is 0 Å². The van der Waals surface area contributed by atoms with Crippen molar-refractivity contribution in [3.05, 3.63) is 71.9 Å². The number of aliphatic imine (C=N–C) groups is 1. The minimum absolute atomic E-state index is 0.366. The molecule has 0 aliphatic carbocycles. The lowest BCUT2D eigenvalue weighted by molar-refractivity contribution is 0.346. The molecule has 0 bridgehead atoms. The zero-order valence-electron chi connectivity index (χ0n) is 16.1. The van der Waals surface area contributed by atoms with Gasteiger partial charge in [-0.2, -0.15) is 5.10 Å². The molecular formula is C22H24N6O. The van der Waals surface area contributed by atoms with Crippen molar-refractivity contribution in [3.63, 3.8) is 0 Å². The molecule has 29 heavy (non-hydrogen) atoms. The van der Waals surface area contributed by atoms with E-state index >= 15 is 0 Å². The van der Waals surface area contributed by atoms with E-state index in [-0.39, 0.29) is 0 Å². The SMILES string of the molecule is NC1(c2ccc(Oc3ccccc3)cc2)N=CNc2c1cnn2C1CCNCC1. The zero-order valence-corrected chi connectivity index (χ0v) is 16.1. The van der Waals surface area contributed by atoms with Gasteiger partial charge in [-0.1, -0.05) is 30.3 Å². The summed E-state index contributed by atoms with van der Waals surface area (Å²) < 4.78 is 7.96. The van der Waals surface area contributed by atoms with Crippen molar-refractivity contribution in [2.45, 2.75) is 24.5 Å². The van der Waals surface area contributed by atoms with Crippen molar-refractivity contribution in [2.24, 2.45) is 10.7 Å². The van der Waals surface area contributed by atoms with Crippen LogP contribution in [0.25, 0.3) is 0 Å². The standard InChI is InChI=1S/C22H24N6O/c23-22(16-6-8-19(9-7-16)29-18-4-2-1-3-5-18)20-14-27-28(21(20)25-15-26-22)17-10-12-24-13-11-17/h1-9,14-15,17,24H,10-13,23H2,(H,25,26). The third-order valence-electron chi connectivity index (χ3n) is 5.60. The number of piperidine rings is 1. The van der Waals surface area contributed by atoms with Crippen LogP contribution in [-0.4, -0.2) is 29.2 Å². The number of aromatic nitrogens is 2. The summed E-state index contributed by atoms with van der Waals surface area (Å²) in [7, 11) is 0. The van der Waals surface area contributed by atoms with Gasteiger partial charge in [0.25, 0.3) is 0 Å². The predicted octanol–water partition coefficient (Wildman–Crippen LogP) is 3.21. The normalized spacial score (nSPS) is 21.4. The van der Waals surface area contributed by atoms with Crippen molar-refractivity contribution in [1.82, 2.24) is 15.1 Å². The van der Waals surface area contributed by atoms with Gasteiger partial charge in [0.2, 0.25) is 0 Å². The molecule has 3 aromatic rings. The Labute approximate surface area is 169 Å².